The van der Waals surface area contributed by atoms with Crippen LogP contribution in [0.25, 0.3) is 0 Å². The van der Waals surface area contributed by atoms with Crippen LogP contribution in [-0.2, 0) is 0 Å². The maximum Gasteiger partial charge on any atom is 0.390 e. The van der Waals surface area contributed by atoms with E-state index in [0.717, 1.165) is 12.5 Å². The Hall–Kier alpha value is -0.940. The summed E-state index contributed by atoms with van der Waals surface area (Å²) in [6, 6.07) is 0. The number of guanidine groups is 1. The highest BCUT2D eigenvalue weighted by Crippen LogP contribution is 2.28. The van der Waals surface area contributed by atoms with Crippen LogP contribution in [0, 0.1) is 11.8 Å². The molecule has 0 amide bonds. The molecule has 3 nitrogen and oxygen atoms in total. The van der Waals surface area contributed by atoms with Gasteiger partial charge in [-0.05, 0) is 31.6 Å². The lowest BCUT2D eigenvalue weighted by molar-refractivity contribution is -0.132. The number of rotatable bonds is 5. The van der Waals surface area contributed by atoms with E-state index >= 15 is 0 Å². The van der Waals surface area contributed by atoms with Crippen LogP contribution in [0.2, 0.25) is 0 Å². The highest BCUT2D eigenvalue weighted by atomic mass is 19.4. The van der Waals surface area contributed by atoms with Gasteiger partial charge in [-0.2, -0.15) is 13.2 Å². The van der Waals surface area contributed by atoms with Crippen LogP contribution in [-0.4, -0.2) is 43.7 Å². The summed E-state index contributed by atoms with van der Waals surface area (Å²) in [7, 11) is 1.91. The third-order valence-electron chi connectivity index (χ3n) is 4.02. The zero-order valence-electron chi connectivity index (χ0n) is 13.3. The number of halogens is 3. The first-order chi connectivity index (χ1) is 9.81. The molecule has 1 aliphatic carbocycles. The molecule has 0 radical (unpaired) electrons. The minimum Gasteiger partial charge on any atom is -0.357 e. The van der Waals surface area contributed by atoms with Crippen molar-refractivity contribution < 1.29 is 13.2 Å². The van der Waals surface area contributed by atoms with Crippen molar-refractivity contribution >= 4 is 5.96 Å². The van der Waals surface area contributed by atoms with E-state index in [-0.39, 0.29) is 6.54 Å². The molecule has 0 unspecified atom stereocenters. The van der Waals surface area contributed by atoms with E-state index in [1.807, 2.05) is 18.9 Å². The van der Waals surface area contributed by atoms with Gasteiger partial charge in [-0.25, -0.2) is 0 Å². The summed E-state index contributed by atoms with van der Waals surface area (Å²) in [6.07, 6.45) is -0.100. The van der Waals surface area contributed by atoms with E-state index in [1.165, 1.54) is 25.7 Å². The van der Waals surface area contributed by atoms with Gasteiger partial charge < -0.3 is 10.2 Å². The van der Waals surface area contributed by atoms with Crippen molar-refractivity contribution in [3.8, 4) is 0 Å². The van der Waals surface area contributed by atoms with Crippen molar-refractivity contribution in [2.75, 3.05) is 26.7 Å². The maximum absolute atomic E-state index is 12.2. The zero-order valence-corrected chi connectivity index (χ0v) is 13.3. The highest BCUT2D eigenvalue weighted by molar-refractivity contribution is 5.79. The summed E-state index contributed by atoms with van der Waals surface area (Å²) >= 11 is 0. The Morgan fingerprint density at radius 1 is 1.24 bits per heavy atom. The van der Waals surface area contributed by atoms with E-state index in [4.69, 9.17) is 0 Å². The van der Waals surface area contributed by atoms with Crippen molar-refractivity contribution in [2.24, 2.45) is 16.8 Å². The number of nitrogens with zero attached hydrogens (tertiary/aromatic N) is 2. The van der Waals surface area contributed by atoms with Gasteiger partial charge in [0.15, 0.2) is 5.96 Å². The molecule has 124 valence electrons. The van der Waals surface area contributed by atoms with Crippen molar-refractivity contribution in [1.82, 2.24) is 10.2 Å². The molecule has 0 atom stereocenters. The van der Waals surface area contributed by atoms with Gasteiger partial charge >= 0.3 is 6.18 Å². The van der Waals surface area contributed by atoms with Gasteiger partial charge in [0.05, 0.1) is 13.0 Å². The molecule has 0 aromatic heterocycles. The van der Waals surface area contributed by atoms with E-state index in [0.29, 0.717) is 18.4 Å². The van der Waals surface area contributed by atoms with Gasteiger partial charge in [0.2, 0.25) is 0 Å². The van der Waals surface area contributed by atoms with Gasteiger partial charge in [-0.3, -0.25) is 4.99 Å². The Kier molecular flexibility index (Phi) is 7.32. The van der Waals surface area contributed by atoms with E-state index in [2.05, 4.69) is 17.2 Å². The van der Waals surface area contributed by atoms with Crippen LogP contribution in [0.4, 0.5) is 13.2 Å². The Labute approximate surface area is 126 Å². The number of alkyl halides is 3. The first kappa shape index (κ1) is 18.1. The molecule has 21 heavy (non-hydrogen) atoms. The standard InChI is InChI=1S/C15H28F3N3/c1-4-19-14(20-10-9-15(16,17)18)21(3)11-13-7-5-12(2)6-8-13/h12-13H,4-11H2,1-3H3,(H,19,20). The average Bonchev–Trinajstić information content (AvgIpc) is 2.39. The smallest absolute Gasteiger partial charge is 0.357 e. The van der Waals surface area contributed by atoms with E-state index < -0.39 is 12.6 Å². The predicted octanol–water partition coefficient (Wildman–Crippen LogP) is 3.66. The molecule has 0 spiro atoms. The molecule has 0 bridgehead atoms. The largest absolute Gasteiger partial charge is 0.390 e. The van der Waals surface area contributed by atoms with E-state index in [9.17, 15) is 13.2 Å². The average molecular weight is 307 g/mol. The summed E-state index contributed by atoms with van der Waals surface area (Å²) < 4.78 is 36.6. The second-order valence-corrected chi connectivity index (χ2v) is 6.11. The first-order valence-corrected chi connectivity index (χ1v) is 7.88. The van der Waals surface area contributed by atoms with Crippen molar-refractivity contribution in [1.29, 1.82) is 0 Å². The molecule has 0 aliphatic heterocycles. The summed E-state index contributed by atoms with van der Waals surface area (Å²) in [5.74, 6) is 2.01. The zero-order chi connectivity index (χ0) is 15.9. The second-order valence-electron chi connectivity index (χ2n) is 6.11. The molecule has 0 aromatic rings. The Bertz CT molecular complexity index is 321. The lowest BCUT2D eigenvalue weighted by Crippen LogP contribution is -2.42. The molecule has 1 N–H and O–H groups in total. The molecule has 0 aromatic carbocycles. The monoisotopic (exact) mass is 307 g/mol. The van der Waals surface area contributed by atoms with Crippen LogP contribution in [0.5, 0.6) is 0 Å². The van der Waals surface area contributed by atoms with Crippen LogP contribution in [0.3, 0.4) is 0 Å². The second kappa shape index (κ2) is 8.49. The summed E-state index contributed by atoms with van der Waals surface area (Å²) in [6.45, 7) is 5.53. The molecular weight excluding hydrogens is 279 g/mol. The summed E-state index contributed by atoms with van der Waals surface area (Å²) in [5, 5.41) is 3.08. The van der Waals surface area contributed by atoms with Crippen LogP contribution in [0.15, 0.2) is 4.99 Å². The van der Waals surface area contributed by atoms with Crippen LogP contribution in [0.1, 0.15) is 46.0 Å². The highest BCUT2D eigenvalue weighted by Gasteiger charge is 2.26. The quantitative estimate of drug-likeness (QED) is 0.620. The number of aliphatic imine (C=N–C) groups is 1. The van der Waals surface area contributed by atoms with Crippen molar-refractivity contribution in [2.45, 2.75) is 52.1 Å². The molecule has 0 heterocycles. The third kappa shape index (κ3) is 7.58. The summed E-state index contributed by atoms with van der Waals surface area (Å²) in [5.41, 5.74) is 0. The lowest BCUT2D eigenvalue weighted by atomic mass is 9.83. The van der Waals surface area contributed by atoms with Gasteiger partial charge in [0, 0.05) is 20.1 Å². The van der Waals surface area contributed by atoms with Crippen molar-refractivity contribution in [3.05, 3.63) is 0 Å². The number of hydrogen-bond acceptors (Lipinski definition) is 1. The Morgan fingerprint density at radius 3 is 2.38 bits per heavy atom. The molecular formula is C15H28F3N3. The van der Waals surface area contributed by atoms with Crippen LogP contribution < -0.4 is 5.32 Å². The number of nitrogens with one attached hydrogen (secondary N) is 1. The molecule has 0 saturated heterocycles. The third-order valence-corrected chi connectivity index (χ3v) is 4.02. The lowest BCUT2D eigenvalue weighted by Gasteiger charge is -2.31. The Balaban J connectivity index is 2.48. The molecule has 1 rings (SSSR count). The topological polar surface area (TPSA) is 27.6 Å². The van der Waals surface area contributed by atoms with Crippen LogP contribution >= 0.6 is 0 Å². The minimum atomic E-state index is -4.14. The van der Waals surface area contributed by atoms with E-state index in [1.54, 1.807) is 0 Å². The van der Waals surface area contributed by atoms with Gasteiger partial charge in [0.1, 0.15) is 0 Å². The first-order valence-electron chi connectivity index (χ1n) is 7.88. The van der Waals surface area contributed by atoms with Gasteiger partial charge in [-0.1, -0.05) is 19.8 Å². The molecule has 1 saturated carbocycles. The predicted molar refractivity (Wildman–Crippen MR) is 80.4 cm³/mol. The fourth-order valence-electron chi connectivity index (χ4n) is 2.74. The molecule has 6 heteroatoms. The minimum absolute atomic E-state index is 0.210. The van der Waals surface area contributed by atoms with Gasteiger partial charge in [-0.15, -0.1) is 0 Å². The Morgan fingerprint density at radius 2 is 1.86 bits per heavy atom. The summed E-state index contributed by atoms with van der Waals surface area (Å²) in [4.78, 5) is 6.06. The maximum atomic E-state index is 12.2. The molecule has 1 fully saturated rings. The van der Waals surface area contributed by atoms with Crippen molar-refractivity contribution in [3.63, 3.8) is 0 Å². The fraction of sp³-hybridized carbons (Fsp3) is 0.933. The SMILES string of the molecule is CCNC(=NCCC(F)(F)F)N(C)CC1CCC(C)CC1. The fourth-order valence-corrected chi connectivity index (χ4v) is 2.74. The molecule has 1 aliphatic rings. The van der Waals surface area contributed by atoms with Gasteiger partial charge in [0.25, 0.3) is 0 Å². The normalized spacial score (nSPS) is 24.0. The number of hydrogen-bond donors (Lipinski definition) is 1.